The van der Waals surface area contributed by atoms with Crippen molar-refractivity contribution in [2.45, 2.75) is 24.0 Å². The van der Waals surface area contributed by atoms with Crippen molar-refractivity contribution < 1.29 is 17.6 Å². The van der Waals surface area contributed by atoms with Gasteiger partial charge >= 0.3 is 0 Å². The van der Waals surface area contributed by atoms with Gasteiger partial charge in [-0.25, -0.2) is 8.42 Å². The van der Waals surface area contributed by atoms with Gasteiger partial charge in [-0.05, 0) is 55.5 Å². The molecule has 0 atom stereocenters. The van der Waals surface area contributed by atoms with Gasteiger partial charge in [-0.1, -0.05) is 35.9 Å². The number of sulfonamides is 1. The van der Waals surface area contributed by atoms with Crippen molar-refractivity contribution >= 4 is 33.4 Å². The SMILES string of the molecule is Cc1ccc(N(CC(=O)NCCCSCc2ccco2)S(=O)(=O)c2ccccc2)cc1. The third kappa shape index (κ3) is 6.63. The molecule has 0 bridgehead atoms. The Hall–Kier alpha value is -2.71. The molecule has 1 amide bonds. The summed E-state index contributed by atoms with van der Waals surface area (Å²) < 4.78 is 32.9. The van der Waals surface area contributed by atoms with Crippen LogP contribution >= 0.6 is 11.8 Å². The number of rotatable bonds is 11. The molecule has 3 aromatic rings. The number of thioether (sulfide) groups is 1. The Bertz CT molecular complexity index is 1050. The lowest BCUT2D eigenvalue weighted by Crippen LogP contribution is -2.41. The monoisotopic (exact) mass is 458 g/mol. The maximum atomic E-state index is 13.2. The van der Waals surface area contributed by atoms with Crippen LogP contribution in [-0.2, 0) is 20.6 Å². The van der Waals surface area contributed by atoms with Crippen molar-refractivity contribution in [3.63, 3.8) is 0 Å². The average molecular weight is 459 g/mol. The zero-order chi connectivity index (χ0) is 22.1. The molecule has 0 spiro atoms. The van der Waals surface area contributed by atoms with Crippen LogP contribution in [0.1, 0.15) is 17.7 Å². The van der Waals surface area contributed by atoms with Gasteiger partial charge in [-0.15, -0.1) is 0 Å². The molecule has 164 valence electrons. The lowest BCUT2D eigenvalue weighted by atomic mass is 10.2. The highest BCUT2D eigenvalue weighted by atomic mass is 32.2. The number of nitrogens with zero attached hydrogens (tertiary/aromatic N) is 1. The summed E-state index contributed by atoms with van der Waals surface area (Å²) >= 11 is 1.72. The summed E-state index contributed by atoms with van der Waals surface area (Å²) in [6.45, 7) is 2.13. The second-order valence-corrected chi connectivity index (χ2v) is 9.96. The summed E-state index contributed by atoms with van der Waals surface area (Å²) in [5, 5.41) is 2.83. The summed E-state index contributed by atoms with van der Waals surface area (Å²) in [5.41, 5.74) is 1.47. The Balaban J connectivity index is 1.59. The molecule has 1 N–H and O–H groups in total. The third-order valence-corrected chi connectivity index (χ3v) is 7.41. The summed E-state index contributed by atoms with van der Waals surface area (Å²) in [7, 11) is -3.87. The van der Waals surface area contributed by atoms with Gasteiger partial charge in [0.2, 0.25) is 5.91 Å². The van der Waals surface area contributed by atoms with Crippen molar-refractivity contribution in [1.82, 2.24) is 5.32 Å². The van der Waals surface area contributed by atoms with E-state index in [9.17, 15) is 13.2 Å². The largest absolute Gasteiger partial charge is 0.468 e. The third-order valence-electron chi connectivity index (χ3n) is 4.55. The zero-order valence-corrected chi connectivity index (χ0v) is 19.0. The van der Waals surface area contributed by atoms with Crippen LogP contribution < -0.4 is 9.62 Å². The molecule has 0 aliphatic rings. The minimum atomic E-state index is -3.87. The molecule has 3 rings (SSSR count). The van der Waals surface area contributed by atoms with Crippen molar-refractivity contribution in [2.24, 2.45) is 0 Å². The standard InChI is InChI=1S/C23H26N2O4S2/c1-19-10-12-20(13-11-19)25(31(27,28)22-8-3-2-4-9-22)17-23(26)24-14-6-16-30-18-21-7-5-15-29-21/h2-5,7-13,15H,6,14,16-18H2,1H3,(H,24,26). The molecular weight excluding hydrogens is 432 g/mol. The van der Waals surface area contributed by atoms with Gasteiger partial charge in [0.25, 0.3) is 10.0 Å². The van der Waals surface area contributed by atoms with E-state index in [1.54, 1.807) is 48.4 Å². The minimum Gasteiger partial charge on any atom is -0.468 e. The van der Waals surface area contributed by atoms with Crippen molar-refractivity contribution in [3.05, 3.63) is 84.3 Å². The summed E-state index contributed by atoms with van der Waals surface area (Å²) in [4.78, 5) is 12.7. The molecule has 1 aromatic heterocycles. The van der Waals surface area contributed by atoms with E-state index in [4.69, 9.17) is 4.42 Å². The topological polar surface area (TPSA) is 79.6 Å². The van der Waals surface area contributed by atoms with E-state index < -0.39 is 10.0 Å². The molecule has 0 aliphatic heterocycles. The van der Waals surface area contributed by atoms with Gasteiger partial charge < -0.3 is 9.73 Å². The van der Waals surface area contributed by atoms with E-state index in [-0.39, 0.29) is 17.3 Å². The maximum absolute atomic E-state index is 13.2. The predicted octanol–water partition coefficient (Wildman–Crippen LogP) is 4.22. The number of amides is 1. The number of carbonyl (C=O) groups is 1. The molecule has 1 heterocycles. The second-order valence-electron chi connectivity index (χ2n) is 7.00. The number of furan rings is 1. The summed E-state index contributed by atoms with van der Waals surface area (Å²) in [5.74, 6) is 2.24. The smallest absolute Gasteiger partial charge is 0.264 e. The van der Waals surface area contributed by atoms with Crippen LogP contribution in [0, 0.1) is 6.92 Å². The first-order valence-electron chi connectivity index (χ1n) is 9.98. The van der Waals surface area contributed by atoms with E-state index in [0.29, 0.717) is 12.2 Å². The van der Waals surface area contributed by atoms with Crippen molar-refractivity contribution in [3.8, 4) is 0 Å². The predicted molar refractivity (Wildman–Crippen MR) is 125 cm³/mol. The van der Waals surface area contributed by atoms with Crippen LogP contribution in [-0.4, -0.2) is 33.2 Å². The number of hydrogen-bond donors (Lipinski definition) is 1. The number of benzene rings is 2. The fourth-order valence-corrected chi connectivity index (χ4v) is 5.20. The molecule has 0 fully saturated rings. The zero-order valence-electron chi connectivity index (χ0n) is 17.4. The van der Waals surface area contributed by atoms with Gasteiger partial charge in [-0.3, -0.25) is 9.10 Å². The summed E-state index contributed by atoms with van der Waals surface area (Å²) in [6, 6.07) is 19.0. The van der Waals surface area contributed by atoms with Crippen LogP contribution in [0.5, 0.6) is 0 Å². The molecule has 0 saturated heterocycles. The number of nitrogens with one attached hydrogen (secondary N) is 1. The molecule has 0 saturated carbocycles. The van der Waals surface area contributed by atoms with E-state index in [1.165, 1.54) is 12.1 Å². The normalized spacial score (nSPS) is 11.3. The second kappa shape index (κ2) is 11.1. The average Bonchev–Trinajstić information content (AvgIpc) is 3.29. The van der Waals surface area contributed by atoms with Crippen LogP contribution in [0.15, 0.2) is 82.3 Å². The first-order chi connectivity index (χ1) is 15.0. The highest BCUT2D eigenvalue weighted by Gasteiger charge is 2.26. The lowest BCUT2D eigenvalue weighted by Gasteiger charge is -2.24. The first-order valence-corrected chi connectivity index (χ1v) is 12.6. The Morgan fingerprint density at radius 2 is 1.77 bits per heavy atom. The van der Waals surface area contributed by atoms with E-state index in [2.05, 4.69) is 5.32 Å². The fourth-order valence-electron chi connectivity index (χ4n) is 2.90. The Morgan fingerprint density at radius 1 is 1.03 bits per heavy atom. The molecule has 0 aliphatic carbocycles. The lowest BCUT2D eigenvalue weighted by molar-refractivity contribution is -0.119. The maximum Gasteiger partial charge on any atom is 0.264 e. The number of hydrogen-bond acceptors (Lipinski definition) is 5. The summed E-state index contributed by atoms with van der Waals surface area (Å²) in [6.07, 6.45) is 2.44. The number of aryl methyl sites for hydroxylation is 1. The van der Waals surface area contributed by atoms with Crippen molar-refractivity contribution in [2.75, 3.05) is 23.1 Å². The van der Waals surface area contributed by atoms with Gasteiger partial charge in [0, 0.05) is 6.54 Å². The quantitative estimate of drug-likeness (QED) is 0.435. The molecular formula is C23H26N2O4S2. The van der Waals surface area contributed by atoms with E-state index >= 15 is 0 Å². The highest BCUT2D eigenvalue weighted by Crippen LogP contribution is 2.23. The van der Waals surface area contributed by atoms with Crippen molar-refractivity contribution in [1.29, 1.82) is 0 Å². The van der Waals surface area contributed by atoms with Gasteiger partial charge in [0.1, 0.15) is 12.3 Å². The van der Waals surface area contributed by atoms with Gasteiger partial charge in [0.15, 0.2) is 0 Å². The molecule has 31 heavy (non-hydrogen) atoms. The molecule has 0 radical (unpaired) electrons. The molecule has 0 unspecified atom stereocenters. The minimum absolute atomic E-state index is 0.151. The van der Waals surface area contributed by atoms with Crippen LogP contribution in [0.2, 0.25) is 0 Å². The van der Waals surface area contributed by atoms with Gasteiger partial charge in [0.05, 0.1) is 22.6 Å². The first kappa shape index (κ1) is 23.0. The van der Waals surface area contributed by atoms with Crippen LogP contribution in [0.4, 0.5) is 5.69 Å². The Morgan fingerprint density at radius 3 is 2.45 bits per heavy atom. The van der Waals surface area contributed by atoms with Crippen LogP contribution in [0.25, 0.3) is 0 Å². The van der Waals surface area contributed by atoms with E-state index in [0.717, 1.165) is 33.6 Å². The highest BCUT2D eigenvalue weighted by molar-refractivity contribution is 7.98. The van der Waals surface area contributed by atoms with Gasteiger partial charge in [-0.2, -0.15) is 11.8 Å². The van der Waals surface area contributed by atoms with Crippen LogP contribution in [0.3, 0.4) is 0 Å². The number of carbonyl (C=O) groups excluding carboxylic acids is 1. The fraction of sp³-hybridized carbons (Fsp3) is 0.261. The Labute approximate surface area is 187 Å². The molecule has 2 aromatic carbocycles. The molecule has 8 heteroatoms. The van der Waals surface area contributed by atoms with E-state index in [1.807, 2.05) is 31.2 Å². The number of anilines is 1. The Kier molecular flexibility index (Phi) is 8.20. The molecule has 6 nitrogen and oxygen atoms in total.